The molecule has 0 saturated heterocycles. The van der Waals surface area contributed by atoms with Gasteiger partial charge < -0.3 is 10.3 Å². The molecule has 5 nitrogen and oxygen atoms in total. The fraction of sp³-hybridized carbons (Fsp3) is 0.476. The summed E-state index contributed by atoms with van der Waals surface area (Å²) in [7, 11) is 0. The summed E-state index contributed by atoms with van der Waals surface area (Å²) in [6, 6.07) is 5.29. The predicted molar refractivity (Wildman–Crippen MR) is 109 cm³/mol. The molecule has 0 aliphatic heterocycles. The van der Waals surface area contributed by atoms with Crippen LogP contribution >= 0.6 is 12.2 Å². The Morgan fingerprint density at radius 2 is 2.26 bits per heavy atom. The van der Waals surface area contributed by atoms with E-state index in [9.17, 15) is 9.59 Å². The number of fused-ring (bicyclic) bond motifs is 3. The monoisotopic (exact) mass is 383 g/mol. The summed E-state index contributed by atoms with van der Waals surface area (Å²) < 4.78 is 1.79. The lowest BCUT2D eigenvalue weighted by atomic mass is 9.84. The molecular formula is C21H25N3O2S. The number of hydrogen-bond acceptors (Lipinski definition) is 3. The third kappa shape index (κ3) is 3.27. The second-order valence-electron chi connectivity index (χ2n) is 8.00. The molecule has 0 radical (unpaired) electrons. The number of benzene rings is 1. The zero-order valence-electron chi connectivity index (χ0n) is 15.5. The van der Waals surface area contributed by atoms with E-state index >= 15 is 0 Å². The minimum Gasteiger partial charge on any atom is -0.349 e. The van der Waals surface area contributed by atoms with E-state index in [0.717, 1.165) is 11.8 Å². The molecule has 2 N–H and O–H groups in total. The Morgan fingerprint density at radius 3 is 2.93 bits per heavy atom. The van der Waals surface area contributed by atoms with Gasteiger partial charge in [0, 0.05) is 18.2 Å². The summed E-state index contributed by atoms with van der Waals surface area (Å²) in [5.74, 6) is 2.12. The van der Waals surface area contributed by atoms with Gasteiger partial charge in [-0.25, -0.2) is 0 Å². The van der Waals surface area contributed by atoms with Crippen molar-refractivity contribution in [3.8, 4) is 0 Å². The summed E-state index contributed by atoms with van der Waals surface area (Å²) >= 11 is 5.27. The van der Waals surface area contributed by atoms with Crippen LogP contribution in [0.5, 0.6) is 0 Å². The van der Waals surface area contributed by atoms with Crippen LogP contribution in [0.2, 0.25) is 0 Å². The Kier molecular flexibility index (Phi) is 4.76. The SMILES string of the molecule is C=CCn1c(=S)[nH]c2cc(C(=O)N[C@@H](C)[C@@H]3C[C@H]4CC[C@H]3C4)ccc2c1=O. The molecule has 1 aromatic carbocycles. The van der Waals surface area contributed by atoms with Gasteiger partial charge in [-0.05, 0) is 74.4 Å². The van der Waals surface area contributed by atoms with Crippen molar-refractivity contribution in [3.05, 3.63) is 51.5 Å². The smallest absolute Gasteiger partial charge is 0.262 e. The number of rotatable bonds is 5. The highest BCUT2D eigenvalue weighted by Gasteiger charge is 2.42. The molecule has 4 atom stereocenters. The molecule has 6 heteroatoms. The third-order valence-electron chi connectivity index (χ3n) is 6.35. The number of allylic oxidation sites excluding steroid dienone is 1. The minimum absolute atomic E-state index is 0.0956. The Labute approximate surface area is 163 Å². The van der Waals surface area contributed by atoms with E-state index in [0.29, 0.717) is 33.7 Å². The summed E-state index contributed by atoms with van der Waals surface area (Å²) in [5, 5.41) is 3.69. The van der Waals surface area contributed by atoms with Gasteiger partial charge in [0.05, 0.1) is 10.9 Å². The molecule has 1 amide bonds. The van der Waals surface area contributed by atoms with Crippen LogP contribution in [0.1, 0.15) is 43.0 Å². The molecule has 4 rings (SSSR count). The van der Waals surface area contributed by atoms with Crippen molar-refractivity contribution in [2.75, 3.05) is 0 Å². The van der Waals surface area contributed by atoms with Crippen LogP contribution < -0.4 is 10.9 Å². The third-order valence-corrected chi connectivity index (χ3v) is 6.67. The number of carbonyl (C=O) groups excluding carboxylic acids is 1. The Balaban J connectivity index is 1.57. The average Bonchev–Trinajstić information content (AvgIpc) is 3.28. The van der Waals surface area contributed by atoms with E-state index in [1.807, 2.05) is 0 Å². The molecule has 2 aliphatic carbocycles. The zero-order chi connectivity index (χ0) is 19.1. The summed E-state index contributed by atoms with van der Waals surface area (Å²) in [6.07, 6.45) is 6.86. The molecule has 2 aliphatic rings. The number of amides is 1. The number of carbonyl (C=O) groups is 1. The maximum absolute atomic E-state index is 12.8. The van der Waals surface area contributed by atoms with Crippen LogP contribution in [0.4, 0.5) is 0 Å². The molecule has 27 heavy (non-hydrogen) atoms. The van der Waals surface area contributed by atoms with Gasteiger partial charge in [-0.1, -0.05) is 12.5 Å². The lowest BCUT2D eigenvalue weighted by Crippen LogP contribution is -2.40. The van der Waals surface area contributed by atoms with E-state index < -0.39 is 0 Å². The van der Waals surface area contributed by atoms with Crippen molar-refractivity contribution >= 4 is 29.0 Å². The van der Waals surface area contributed by atoms with Crippen LogP contribution in [0.15, 0.2) is 35.6 Å². The van der Waals surface area contributed by atoms with Crippen molar-refractivity contribution in [1.82, 2.24) is 14.9 Å². The van der Waals surface area contributed by atoms with Crippen LogP contribution in [-0.2, 0) is 6.54 Å². The molecule has 1 heterocycles. The molecule has 1 aromatic heterocycles. The van der Waals surface area contributed by atoms with E-state index in [1.54, 1.807) is 24.3 Å². The average molecular weight is 384 g/mol. The normalized spacial score (nSPS) is 24.9. The maximum Gasteiger partial charge on any atom is 0.262 e. The number of aromatic amines is 1. The molecule has 2 saturated carbocycles. The molecule has 142 valence electrons. The molecule has 2 bridgehead atoms. The van der Waals surface area contributed by atoms with E-state index in [2.05, 4.69) is 23.8 Å². The van der Waals surface area contributed by atoms with Crippen LogP contribution in [0, 0.1) is 22.5 Å². The van der Waals surface area contributed by atoms with Crippen molar-refractivity contribution in [2.24, 2.45) is 17.8 Å². The zero-order valence-corrected chi connectivity index (χ0v) is 16.3. The predicted octanol–water partition coefficient (Wildman–Crippen LogP) is 3.80. The Hall–Kier alpha value is -2.21. The highest BCUT2D eigenvalue weighted by Crippen LogP contribution is 2.49. The first-order valence-corrected chi connectivity index (χ1v) is 10.1. The van der Waals surface area contributed by atoms with Gasteiger partial charge in [-0.3, -0.25) is 14.2 Å². The Bertz CT molecular complexity index is 1020. The van der Waals surface area contributed by atoms with Crippen molar-refractivity contribution < 1.29 is 4.79 Å². The summed E-state index contributed by atoms with van der Waals surface area (Å²) in [4.78, 5) is 28.4. The first-order valence-electron chi connectivity index (χ1n) is 9.66. The van der Waals surface area contributed by atoms with Gasteiger partial charge in [0.2, 0.25) is 0 Å². The first-order chi connectivity index (χ1) is 13.0. The topological polar surface area (TPSA) is 66.9 Å². The van der Waals surface area contributed by atoms with Crippen molar-refractivity contribution in [1.29, 1.82) is 0 Å². The van der Waals surface area contributed by atoms with Crippen LogP contribution in [0.25, 0.3) is 10.9 Å². The second-order valence-corrected chi connectivity index (χ2v) is 8.38. The van der Waals surface area contributed by atoms with Gasteiger partial charge in [-0.2, -0.15) is 0 Å². The number of H-pyrrole nitrogens is 1. The van der Waals surface area contributed by atoms with Gasteiger partial charge in [0.1, 0.15) is 0 Å². The molecule has 0 spiro atoms. The number of nitrogens with one attached hydrogen (secondary N) is 2. The van der Waals surface area contributed by atoms with Crippen LogP contribution in [-0.4, -0.2) is 21.5 Å². The lowest BCUT2D eigenvalue weighted by Gasteiger charge is -2.28. The molecule has 2 fully saturated rings. The minimum atomic E-state index is -0.170. The fourth-order valence-electron chi connectivity index (χ4n) is 4.99. The lowest BCUT2D eigenvalue weighted by molar-refractivity contribution is 0.0915. The number of hydrogen-bond donors (Lipinski definition) is 2. The molecule has 2 aromatic rings. The number of aromatic nitrogens is 2. The van der Waals surface area contributed by atoms with Gasteiger partial charge >= 0.3 is 0 Å². The maximum atomic E-state index is 12.8. The number of nitrogens with zero attached hydrogens (tertiary/aromatic N) is 1. The fourth-order valence-corrected chi connectivity index (χ4v) is 5.26. The largest absolute Gasteiger partial charge is 0.349 e. The standard InChI is InChI=1S/C21H25N3O2S/c1-3-8-24-20(26)16-7-6-15(11-18(16)23-21(24)27)19(25)22-12(2)17-10-13-4-5-14(17)9-13/h3,6-7,11-14,17H,1,4-5,8-10H2,2H3,(H,22,25)(H,23,27)/t12-,13-,14-,17-/m0/s1. The highest BCUT2D eigenvalue weighted by atomic mass is 32.1. The van der Waals surface area contributed by atoms with E-state index in [1.165, 1.54) is 30.3 Å². The second kappa shape index (κ2) is 7.08. The van der Waals surface area contributed by atoms with E-state index in [-0.39, 0.29) is 17.5 Å². The van der Waals surface area contributed by atoms with Crippen molar-refractivity contribution in [3.63, 3.8) is 0 Å². The summed E-state index contributed by atoms with van der Waals surface area (Å²) in [5.41, 5.74) is 0.963. The van der Waals surface area contributed by atoms with Crippen LogP contribution in [0.3, 0.4) is 0 Å². The summed E-state index contributed by atoms with van der Waals surface area (Å²) in [6.45, 7) is 6.13. The first kappa shape index (κ1) is 18.2. The molecular weight excluding hydrogens is 358 g/mol. The quantitative estimate of drug-likeness (QED) is 0.610. The Morgan fingerprint density at radius 1 is 1.44 bits per heavy atom. The van der Waals surface area contributed by atoms with Gasteiger partial charge in [0.25, 0.3) is 11.5 Å². The van der Waals surface area contributed by atoms with Gasteiger partial charge in [-0.15, -0.1) is 6.58 Å². The van der Waals surface area contributed by atoms with Gasteiger partial charge in [0.15, 0.2) is 4.77 Å². The molecule has 0 unspecified atom stereocenters. The van der Waals surface area contributed by atoms with Crippen molar-refractivity contribution in [2.45, 2.75) is 45.2 Å². The van der Waals surface area contributed by atoms with E-state index in [4.69, 9.17) is 12.2 Å². The highest BCUT2D eigenvalue weighted by molar-refractivity contribution is 7.71.